The number of thiazole rings is 1. The quantitative estimate of drug-likeness (QED) is 0.925. The van der Waals surface area contributed by atoms with Gasteiger partial charge in [-0.1, -0.05) is 0 Å². The third-order valence-corrected chi connectivity index (χ3v) is 5.02. The lowest BCUT2D eigenvalue weighted by Crippen LogP contribution is -2.35. The van der Waals surface area contributed by atoms with Crippen LogP contribution in [0.4, 0.5) is 0 Å². The summed E-state index contributed by atoms with van der Waals surface area (Å²) in [5.74, 6) is 2.58. The van der Waals surface area contributed by atoms with E-state index in [-0.39, 0.29) is 5.54 Å². The number of nitrogens with one attached hydrogen (secondary N) is 1. The van der Waals surface area contributed by atoms with Gasteiger partial charge >= 0.3 is 0 Å². The van der Waals surface area contributed by atoms with Crippen molar-refractivity contribution < 1.29 is 0 Å². The lowest BCUT2D eigenvalue weighted by molar-refractivity contribution is 0.284. The Balaban J connectivity index is 1.82. The molecule has 19 heavy (non-hydrogen) atoms. The molecule has 5 heteroatoms. The zero-order valence-electron chi connectivity index (χ0n) is 12.2. The SMILES string of the molecule is CC(C)(C)NCc1nc(CN2CCCSCC2)cs1. The lowest BCUT2D eigenvalue weighted by atomic mass is 10.1. The molecule has 0 unspecified atom stereocenters. The molecule has 0 spiro atoms. The van der Waals surface area contributed by atoms with E-state index in [9.17, 15) is 0 Å². The van der Waals surface area contributed by atoms with Crippen molar-refractivity contribution in [2.24, 2.45) is 0 Å². The minimum Gasteiger partial charge on any atom is -0.306 e. The predicted molar refractivity (Wildman–Crippen MR) is 85.9 cm³/mol. The fourth-order valence-electron chi connectivity index (χ4n) is 2.03. The fraction of sp³-hybridized carbons (Fsp3) is 0.786. The van der Waals surface area contributed by atoms with E-state index in [1.807, 2.05) is 0 Å². The van der Waals surface area contributed by atoms with E-state index >= 15 is 0 Å². The zero-order valence-corrected chi connectivity index (χ0v) is 13.9. The van der Waals surface area contributed by atoms with Crippen LogP contribution in [0.3, 0.4) is 0 Å². The molecular weight excluding hydrogens is 274 g/mol. The van der Waals surface area contributed by atoms with E-state index in [1.165, 1.54) is 41.7 Å². The Labute approximate surface area is 125 Å². The smallest absolute Gasteiger partial charge is 0.107 e. The van der Waals surface area contributed by atoms with Gasteiger partial charge in [0.05, 0.1) is 5.69 Å². The topological polar surface area (TPSA) is 28.2 Å². The summed E-state index contributed by atoms with van der Waals surface area (Å²) in [5.41, 5.74) is 1.40. The van der Waals surface area contributed by atoms with Crippen molar-refractivity contribution in [2.75, 3.05) is 24.6 Å². The van der Waals surface area contributed by atoms with E-state index in [2.05, 4.69) is 48.1 Å². The maximum absolute atomic E-state index is 4.75. The van der Waals surface area contributed by atoms with Crippen LogP contribution in [0.15, 0.2) is 5.38 Å². The number of thioether (sulfide) groups is 1. The molecule has 1 N–H and O–H groups in total. The molecule has 0 aliphatic carbocycles. The molecule has 0 aromatic carbocycles. The largest absolute Gasteiger partial charge is 0.306 e. The average Bonchev–Trinajstić information content (AvgIpc) is 2.61. The Bertz CT molecular complexity index is 376. The number of hydrogen-bond donors (Lipinski definition) is 1. The highest BCUT2D eigenvalue weighted by Gasteiger charge is 2.13. The van der Waals surface area contributed by atoms with Crippen LogP contribution in [0, 0.1) is 0 Å². The van der Waals surface area contributed by atoms with Crippen molar-refractivity contribution in [3.8, 4) is 0 Å². The molecule has 0 atom stereocenters. The van der Waals surface area contributed by atoms with E-state index in [1.54, 1.807) is 11.3 Å². The van der Waals surface area contributed by atoms with Crippen LogP contribution in [0.2, 0.25) is 0 Å². The summed E-state index contributed by atoms with van der Waals surface area (Å²) >= 11 is 3.86. The van der Waals surface area contributed by atoms with Crippen molar-refractivity contribution >= 4 is 23.1 Å². The molecule has 1 saturated heterocycles. The second kappa shape index (κ2) is 7.07. The summed E-state index contributed by atoms with van der Waals surface area (Å²) in [4.78, 5) is 7.28. The van der Waals surface area contributed by atoms with Crippen molar-refractivity contribution in [1.82, 2.24) is 15.2 Å². The Hall–Kier alpha value is -0.100. The highest BCUT2D eigenvalue weighted by Crippen LogP contribution is 2.16. The van der Waals surface area contributed by atoms with Gasteiger partial charge in [0.15, 0.2) is 0 Å². The fourth-order valence-corrected chi connectivity index (χ4v) is 3.68. The monoisotopic (exact) mass is 299 g/mol. The summed E-state index contributed by atoms with van der Waals surface area (Å²) < 4.78 is 0. The number of nitrogens with zero attached hydrogens (tertiary/aromatic N) is 2. The van der Waals surface area contributed by atoms with Gasteiger partial charge in [0.2, 0.25) is 0 Å². The first-order valence-corrected chi connectivity index (χ1v) is 9.05. The average molecular weight is 300 g/mol. The van der Waals surface area contributed by atoms with Gasteiger partial charge in [0.1, 0.15) is 5.01 Å². The molecule has 3 nitrogen and oxygen atoms in total. The molecule has 0 amide bonds. The Morgan fingerprint density at radius 1 is 1.32 bits per heavy atom. The van der Waals surface area contributed by atoms with Crippen molar-refractivity contribution in [1.29, 1.82) is 0 Å². The van der Waals surface area contributed by atoms with Gasteiger partial charge in [-0.3, -0.25) is 4.90 Å². The van der Waals surface area contributed by atoms with Gasteiger partial charge in [-0.15, -0.1) is 11.3 Å². The number of rotatable bonds is 4. The minimum atomic E-state index is 0.161. The van der Waals surface area contributed by atoms with Crippen molar-refractivity contribution in [2.45, 2.75) is 45.8 Å². The van der Waals surface area contributed by atoms with Crippen LogP contribution < -0.4 is 5.32 Å². The van der Waals surface area contributed by atoms with Crippen molar-refractivity contribution in [3.63, 3.8) is 0 Å². The molecule has 0 bridgehead atoms. The van der Waals surface area contributed by atoms with E-state index in [0.717, 1.165) is 13.1 Å². The molecule has 1 aliphatic rings. The predicted octanol–water partition coefficient (Wildman–Crippen LogP) is 2.97. The summed E-state index contributed by atoms with van der Waals surface area (Å²) in [5, 5.41) is 6.92. The second-order valence-corrected chi connectivity index (χ2v) is 8.25. The molecule has 2 rings (SSSR count). The Morgan fingerprint density at radius 3 is 2.95 bits per heavy atom. The van der Waals surface area contributed by atoms with Crippen molar-refractivity contribution in [3.05, 3.63) is 16.1 Å². The van der Waals surface area contributed by atoms with Crippen LogP contribution in [-0.4, -0.2) is 40.0 Å². The maximum Gasteiger partial charge on any atom is 0.107 e. The van der Waals surface area contributed by atoms with Gasteiger partial charge in [0, 0.05) is 36.3 Å². The molecule has 1 aromatic rings. The Kier molecular flexibility index (Phi) is 5.69. The standard InChI is InChI=1S/C14H25N3S2/c1-14(2,3)15-9-13-16-12(11-19-13)10-17-5-4-7-18-8-6-17/h11,15H,4-10H2,1-3H3. The van der Waals surface area contributed by atoms with Gasteiger partial charge < -0.3 is 5.32 Å². The molecule has 1 aromatic heterocycles. The molecule has 2 heterocycles. The molecule has 1 fully saturated rings. The summed E-state index contributed by atoms with van der Waals surface area (Å²) in [6, 6.07) is 0. The van der Waals surface area contributed by atoms with Gasteiger partial charge in [-0.2, -0.15) is 11.8 Å². The third-order valence-electron chi connectivity index (χ3n) is 3.07. The van der Waals surface area contributed by atoms with Crippen LogP contribution >= 0.6 is 23.1 Å². The lowest BCUT2D eigenvalue weighted by Gasteiger charge is -2.19. The third kappa shape index (κ3) is 5.81. The summed E-state index contributed by atoms with van der Waals surface area (Å²) in [6.07, 6.45) is 1.31. The van der Waals surface area contributed by atoms with Gasteiger partial charge in [-0.25, -0.2) is 4.98 Å². The first-order chi connectivity index (χ1) is 9.03. The normalized spacial score (nSPS) is 18.5. The van der Waals surface area contributed by atoms with E-state index in [0.29, 0.717) is 0 Å². The van der Waals surface area contributed by atoms with E-state index in [4.69, 9.17) is 4.98 Å². The van der Waals surface area contributed by atoms with Crippen LogP contribution in [0.1, 0.15) is 37.9 Å². The molecule has 0 saturated carbocycles. The second-order valence-electron chi connectivity index (χ2n) is 6.08. The Morgan fingerprint density at radius 2 is 2.16 bits per heavy atom. The summed E-state index contributed by atoms with van der Waals surface area (Å²) in [7, 11) is 0. The number of hydrogen-bond acceptors (Lipinski definition) is 5. The highest BCUT2D eigenvalue weighted by molar-refractivity contribution is 7.99. The summed E-state index contributed by atoms with van der Waals surface area (Å²) in [6.45, 7) is 10.9. The first-order valence-electron chi connectivity index (χ1n) is 7.01. The molecular formula is C14H25N3S2. The van der Waals surface area contributed by atoms with E-state index < -0.39 is 0 Å². The van der Waals surface area contributed by atoms with Crippen LogP contribution in [0.25, 0.3) is 0 Å². The van der Waals surface area contributed by atoms with Gasteiger partial charge in [-0.05, 0) is 39.5 Å². The van der Waals surface area contributed by atoms with Gasteiger partial charge in [0.25, 0.3) is 0 Å². The first kappa shape index (κ1) is 15.3. The molecule has 0 radical (unpaired) electrons. The van der Waals surface area contributed by atoms with Crippen LogP contribution in [0.5, 0.6) is 0 Å². The number of aromatic nitrogens is 1. The minimum absolute atomic E-state index is 0.161. The zero-order chi connectivity index (χ0) is 13.7. The molecule has 108 valence electrons. The highest BCUT2D eigenvalue weighted by atomic mass is 32.2. The maximum atomic E-state index is 4.75. The molecule has 1 aliphatic heterocycles. The van der Waals surface area contributed by atoms with Crippen LogP contribution in [-0.2, 0) is 13.1 Å².